The Balaban J connectivity index is 1.60. The summed E-state index contributed by atoms with van der Waals surface area (Å²) < 4.78 is 14.5. The summed E-state index contributed by atoms with van der Waals surface area (Å²) in [5.41, 5.74) is 2.36. The van der Waals surface area contributed by atoms with Gasteiger partial charge in [-0.1, -0.05) is 36.4 Å². The van der Waals surface area contributed by atoms with Crippen molar-refractivity contribution in [3.8, 4) is 0 Å². The van der Waals surface area contributed by atoms with Gasteiger partial charge in [0.2, 0.25) is 5.91 Å². The summed E-state index contributed by atoms with van der Waals surface area (Å²) in [7, 11) is 0. The molecule has 0 spiro atoms. The van der Waals surface area contributed by atoms with Crippen LogP contribution in [0.25, 0.3) is 0 Å². The van der Waals surface area contributed by atoms with E-state index in [1.807, 2.05) is 12.1 Å². The molecule has 1 heterocycles. The summed E-state index contributed by atoms with van der Waals surface area (Å²) in [6, 6.07) is 12.2. The Morgan fingerprint density at radius 1 is 1.08 bits per heavy atom. The summed E-state index contributed by atoms with van der Waals surface area (Å²) in [5.74, 6) is -0.813. The van der Waals surface area contributed by atoms with Crippen molar-refractivity contribution in [2.24, 2.45) is 0 Å². The zero-order valence-electron chi connectivity index (χ0n) is 13.3. The van der Waals surface area contributed by atoms with Crippen molar-refractivity contribution in [3.63, 3.8) is 0 Å². The van der Waals surface area contributed by atoms with Crippen LogP contribution in [0, 0.1) is 5.82 Å². The second kappa shape index (κ2) is 7.36. The van der Waals surface area contributed by atoms with Gasteiger partial charge in [-0.05, 0) is 30.2 Å². The molecule has 124 valence electrons. The highest BCUT2D eigenvalue weighted by Gasteiger charge is 2.18. The van der Waals surface area contributed by atoms with E-state index in [1.165, 1.54) is 0 Å². The Hall–Kier alpha value is -2.53. The Labute approximate surface area is 140 Å². The Morgan fingerprint density at radius 2 is 1.88 bits per heavy atom. The molecule has 2 aromatic carbocycles. The largest absolute Gasteiger partial charge is 0.324 e. The number of carbonyl (C=O) groups excluding carboxylic acids is 2. The standard InChI is InChI=1S/C19H19FN2O2/c20-19-15-10-11-21-12-14(15)6-7-16(19)22-18(24)9-8-17(23)13-4-2-1-3-5-13/h1-7,21H,8-12H2,(H,22,24). The zero-order valence-corrected chi connectivity index (χ0v) is 13.3. The van der Waals surface area contributed by atoms with Gasteiger partial charge in [0.15, 0.2) is 5.78 Å². The van der Waals surface area contributed by atoms with Gasteiger partial charge in [-0.25, -0.2) is 4.39 Å². The fourth-order valence-electron chi connectivity index (χ4n) is 2.84. The molecule has 2 aromatic rings. The number of fused-ring (bicyclic) bond motifs is 1. The van der Waals surface area contributed by atoms with Gasteiger partial charge in [0.1, 0.15) is 5.82 Å². The molecule has 0 aliphatic carbocycles. The van der Waals surface area contributed by atoms with Gasteiger partial charge in [0.25, 0.3) is 0 Å². The molecule has 0 fully saturated rings. The number of benzene rings is 2. The topological polar surface area (TPSA) is 58.2 Å². The molecule has 0 atom stereocenters. The first-order chi connectivity index (χ1) is 11.6. The van der Waals surface area contributed by atoms with Crippen molar-refractivity contribution in [3.05, 3.63) is 65.0 Å². The molecule has 0 radical (unpaired) electrons. The van der Waals surface area contributed by atoms with Crippen molar-refractivity contribution in [1.82, 2.24) is 5.32 Å². The monoisotopic (exact) mass is 326 g/mol. The van der Waals surface area contributed by atoms with Crippen LogP contribution in [0.15, 0.2) is 42.5 Å². The Bertz CT molecular complexity index is 759. The van der Waals surface area contributed by atoms with Crippen LogP contribution in [-0.2, 0) is 17.8 Å². The molecule has 0 saturated heterocycles. The normalized spacial score (nSPS) is 13.2. The molecule has 0 bridgehead atoms. The number of Topliss-reactive ketones (excluding diaryl/α,β-unsaturated/α-hetero) is 1. The highest BCUT2D eigenvalue weighted by Crippen LogP contribution is 2.24. The molecule has 24 heavy (non-hydrogen) atoms. The number of hydrogen-bond donors (Lipinski definition) is 2. The first-order valence-corrected chi connectivity index (χ1v) is 8.04. The second-order valence-corrected chi connectivity index (χ2v) is 5.83. The van der Waals surface area contributed by atoms with Crippen molar-refractivity contribution in [1.29, 1.82) is 0 Å². The Kier molecular flexibility index (Phi) is 5.01. The first-order valence-electron chi connectivity index (χ1n) is 8.04. The minimum Gasteiger partial charge on any atom is -0.324 e. The van der Waals surface area contributed by atoms with Crippen LogP contribution in [0.3, 0.4) is 0 Å². The molecular formula is C19H19FN2O2. The van der Waals surface area contributed by atoms with Gasteiger partial charge in [-0.15, -0.1) is 0 Å². The third-order valence-electron chi connectivity index (χ3n) is 4.16. The van der Waals surface area contributed by atoms with Gasteiger partial charge in [-0.3, -0.25) is 9.59 Å². The van der Waals surface area contributed by atoms with Crippen molar-refractivity contribution < 1.29 is 14.0 Å². The predicted octanol–water partition coefficient (Wildman–Crippen LogP) is 3.07. The van der Waals surface area contributed by atoms with Crippen LogP contribution < -0.4 is 10.6 Å². The lowest BCUT2D eigenvalue weighted by Gasteiger charge is -2.19. The number of carbonyl (C=O) groups is 2. The molecule has 1 amide bonds. The lowest BCUT2D eigenvalue weighted by atomic mass is 9.99. The molecule has 0 aromatic heterocycles. The van der Waals surface area contributed by atoms with E-state index in [0.29, 0.717) is 24.1 Å². The molecule has 1 aliphatic rings. The number of nitrogens with one attached hydrogen (secondary N) is 2. The van der Waals surface area contributed by atoms with Crippen molar-refractivity contribution in [2.75, 3.05) is 11.9 Å². The average molecular weight is 326 g/mol. The third-order valence-corrected chi connectivity index (χ3v) is 4.16. The molecule has 2 N–H and O–H groups in total. The molecule has 0 unspecified atom stereocenters. The van der Waals surface area contributed by atoms with E-state index in [4.69, 9.17) is 0 Å². The van der Waals surface area contributed by atoms with Crippen LogP contribution in [0.5, 0.6) is 0 Å². The molecule has 3 rings (SSSR count). The van der Waals surface area contributed by atoms with E-state index >= 15 is 0 Å². The maximum absolute atomic E-state index is 14.5. The van der Waals surface area contributed by atoms with E-state index < -0.39 is 0 Å². The van der Waals surface area contributed by atoms with E-state index in [9.17, 15) is 14.0 Å². The van der Waals surface area contributed by atoms with Gasteiger partial charge in [-0.2, -0.15) is 0 Å². The molecule has 5 heteroatoms. The minimum atomic E-state index is -0.364. The van der Waals surface area contributed by atoms with Gasteiger partial charge in [0.05, 0.1) is 5.69 Å². The molecule has 1 aliphatic heterocycles. The highest BCUT2D eigenvalue weighted by molar-refractivity contribution is 6.00. The molecule has 4 nitrogen and oxygen atoms in total. The summed E-state index contributed by atoms with van der Waals surface area (Å²) in [5, 5.41) is 5.77. The predicted molar refractivity (Wildman–Crippen MR) is 90.4 cm³/mol. The quantitative estimate of drug-likeness (QED) is 0.830. The first kappa shape index (κ1) is 16.3. The van der Waals surface area contributed by atoms with Gasteiger partial charge in [0, 0.05) is 24.9 Å². The fraction of sp³-hybridized carbons (Fsp3) is 0.263. The lowest BCUT2D eigenvalue weighted by molar-refractivity contribution is -0.116. The van der Waals surface area contributed by atoms with Crippen molar-refractivity contribution in [2.45, 2.75) is 25.8 Å². The zero-order chi connectivity index (χ0) is 16.9. The smallest absolute Gasteiger partial charge is 0.224 e. The average Bonchev–Trinajstić information content (AvgIpc) is 2.63. The maximum atomic E-state index is 14.5. The number of hydrogen-bond acceptors (Lipinski definition) is 3. The number of rotatable bonds is 5. The van der Waals surface area contributed by atoms with Gasteiger partial charge >= 0.3 is 0 Å². The molecule has 0 saturated carbocycles. The number of ketones is 1. The summed E-state index contributed by atoms with van der Waals surface area (Å²) >= 11 is 0. The van der Waals surface area contributed by atoms with Crippen LogP contribution in [0.1, 0.15) is 34.3 Å². The van der Waals surface area contributed by atoms with Crippen LogP contribution in [-0.4, -0.2) is 18.2 Å². The van der Waals surface area contributed by atoms with Crippen LogP contribution in [0.4, 0.5) is 10.1 Å². The van der Waals surface area contributed by atoms with E-state index in [-0.39, 0.29) is 36.0 Å². The van der Waals surface area contributed by atoms with E-state index in [0.717, 1.165) is 12.1 Å². The van der Waals surface area contributed by atoms with E-state index in [1.54, 1.807) is 30.3 Å². The summed E-state index contributed by atoms with van der Waals surface area (Å²) in [6.07, 6.45) is 0.746. The highest BCUT2D eigenvalue weighted by atomic mass is 19.1. The van der Waals surface area contributed by atoms with Gasteiger partial charge < -0.3 is 10.6 Å². The van der Waals surface area contributed by atoms with Crippen molar-refractivity contribution >= 4 is 17.4 Å². The summed E-state index contributed by atoms with van der Waals surface area (Å²) in [6.45, 7) is 1.37. The lowest BCUT2D eigenvalue weighted by Crippen LogP contribution is -2.25. The number of halogens is 1. The Morgan fingerprint density at radius 3 is 2.67 bits per heavy atom. The number of amides is 1. The summed E-state index contributed by atoms with van der Waals surface area (Å²) in [4.78, 5) is 24.0. The maximum Gasteiger partial charge on any atom is 0.224 e. The molecular weight excluding hydrogens is 307 g/mol. The SMILES string of the molecule is O=C(CCC(=O)c1ccccc1)Nc1ccc2c(c1F)CCNC2. The number of anilines is 1. The van der Waals surface area contributed by atoms with Crippen LogP contribution in [0.2, 0.25) is 0 Å². The van der Waals surface area contributed by atoms with E-state index in [2.05, 4.69) is 10.6 Å². The fourth-order valence-corrected chi connectivity index (χ4v) is 2.84. The second-order valence-electron chi connectivity index (χ2n) is 5.83. The van der Waals surface area contributed by atoms with Crippen LogP contribution >= 0.6 is 0 Å². The minimum absolute atomic E-state index is 0.0335. The third kappa shape index (κ3) is 3.68.